The van der Waals surface area contributed by atoms with E-state index in [0.717, 1.165) is 0 Å². The van der Waals surface area contributed by atoms with Gasteiger partial charge in [-0.2, -0.15) is 0 Å². The van der Waals surface area contributed by atoms with E-state index in [9.17, 15) is 9.59 Å². The lowest BCUT2D eigenvalue weighted by Gasteiger charge is -2.16. The minimum Gasteiger partial charge on any atom is -0.481 e. The van der Waals surface area contributed by atoms with Crippen molar-refractivity contribution in [3.63, 3.8) is 0 Å². The number of hydrogen-bond acceptors (Lipinski definition) is 3. The van der Waals surface area contributed by atoms with Crippen LogP contribution in [0.5, 0.6) is 0 Å². The standard InChI is InChI=1S/C11H12N4O3/c12-15-13-7-10(16)14-9(6-11(17)18)8-4-2-1-3-5-8/h1-5,9H,6-7H2,(H,14,16)(H,17,18)/t9-/m0/s1. The average Bonchev–Trinajstić information content (AvgIpc) is 2.36. The fraction of sp³-hybridized carbons (Fsp3) is 0.273. The molecule has 0 saturated heterocycles. The number of carboxylic acids is 1. The van der Waals surface area contributed by atoms with Gasteiger partial charge in [-0.05, 0) is 11.1 Å². The smallest absolute Gasteiger partial charge is 0.305 e. The highest BCUT2D eigenvalue weighted by molar-refractivity contribution is 5.79. The Morgan fingerprint density at radius 3 is 2.61 bits per heavy atom. The second kappa shape index (κ2) is 6.93. The molecule has 94 valence electrons. The summed E-state index contributed by atoms with van der Waals surface area (Å²) in [5.41, 5.74) is 8.79. The van der Waals surface area contributed by atoms with Gasteiger partial charge in [0.05, 0.1) is 12.5 Å². The molecule has 0 fully saturated rings. The number of hydrogen-bond donors (Lipinski definition) is 2. The number of carbonyl (C=O) groups excluding carboxylic acids is 1. The molecule has 2 N–H and O–H groups in total. The predicted molar refractivity (Wildman–Crippen MR) is 63.6 cm³/mol. The van der Waals surface area contributed by atoms with Crippen molar-refractivity contribution < 1.29 is 14.7 Å². The highest BCUT2D eigenvalue weighted by Gasteiger charge is 2.17. The molecule has 0 aliphatic carbocycles. The Morgan fingerprint density at radius 2 is 2.06 bits per heavy atom. The Morgan fingerprint density at radius 1 is 1.39 bits per heavy atom. The van der Waals surface area contributed by atoms with Crippen molar-refractivity contribution in [3.8, 4) is 0 Å². The second-order valence-corrected chi connectivity index (χ2v) is 3.52. The first-order chi connectivity index (χ1) is 8.63. The number of amides is 1. The Balaban J connectivity index is 2.76. The van der Waals surface area contributed by atoms with Gasteiger partial charge in [0.15, 0.2) is 0 Å². The summed E-state index contributed by atoms with van der Waals surface area (Å²) in [6.07, 6.45) is -0.230. The molecule has 1 rings (SSSR count). The molecule has 1 atom stereocenters. The van der Waals surface area contributed by atoms with Crippen LogP contribution in [0.4, 0.5) is 0 Å². The minimum atomic E-state index is -1.02. The molecule has 0 bridgehead atoms. The maximum Gasteiger partial charge on any atom is 0.305 e. The molecule has 0 saturated carbocycles. The first-order valence-corrected chi connectivity index (χ1v) is 5.20. The molecular formula is C11H12N4O3. The van der Waals surface area contributed by atoms with Gasteiger partial charge >= 0.3 is 5.97 Å². The highest BCUT2D eigenvalue weighted by Crippen LogP contribution is 2.16. The maximum absolute atomic E-state index is 11.4. The first-order valence-electron chi connectivity index (χ1n) is 5.20. The minimum absolute atomic E-state index is 0.230. The van der Waals surface area contributed by atoms with Gasteiger partial charge in [0.25, 0.3) is 0 Å². The summed E-state index contributed by atoms with van der Waals surface area (Å²) in [5.74, 6) is -1.53. The third-order valence-electron chi connectivity index (χ3n) is 2.19. The summed E-state index contributed by atoms with van der Waals surface area (Å²) < 4.78 is 0. The monoisotopic (exact) mass is 248 g/mol. The van der Waals surface area contributed by atoms with Crippen molar-refractivity contribution in [2.75, 3.05) is 6.54 Å². The van der Waals surface area contributed by atoms with E-state index < -0.39 is 17.9 Å². The quantitative estimate of drug-likeness (QED) is 0.452. The Bertz CT molecular complexity index is 468. The Hall–Kier alpha value is -2.53. The largest absolute Gasteiger partial charge is 0.481 e. The summed E-state index contributed by atoms with van der Waals surface area (Å²) >= 11 is 0. The van der Waals surface area contributed by atoms with Crippen molar-refractivity contribution >= 4 is 11.9 Å². The van der Waals surface area contributed by atoms with E-state index in [1.807, 2.05) is 0 Å². The van der Waals surface area contributed by atoms with Gasteiger partial charge < -0.3 is 10.4 Å². The molecule has 18 heavy (non-hydrogen) atoms. The molecule has 0 aromatic heterocycles. The van der Waals surface area contributed by atoms with Crippen LogP contribution >= 0.6 is 0 Å². The van der Waals surface area contributed by atoms with Crippen LogP contribution in [0, 0.1) is 0 Å². The lowest BCUT2D eigenvalue weighted by atomic mass is 10.0. The van der Waals surface area contributed by atoms with Crippen LogP contribution in [0.1, 0.15) is 18.0 Å². The molecular weight excluding hydrogens is 236 g/mol. The van der Waals surface area contributed by atoms with E-state index in [4.69, 9.17) is 10.6 Å². The third kappa shape index (κ3) is 4.54. The summed E-state index contributed by atoms with van der Waals surface area (Å²) in [6, 6.07) is 8.12. The number of azide groups is 1. The summed E-state index contributed by atoms with van der Waals surface area (Å²) in [4.78, 5) is 24.6. The number of carboxylic acid groups (broad SMARTS) is 1. The zero-order valence-electron chi connectivity index (χ0n) is 9.48. The van der Waals surface area contributed by atoms with Gasteiger partial charge in [0.1, 0.15) is 6.54 Å². The zero-order chi connectivity index (χ0) is 13.4. The number of carbonyl (C=O) groups is 2. The molecule has 0 aliphatic rings. The normalized spacial score (nSPS) is 11.1. The average molecular weight is 248 g/mol. The van der Waals surface area contributed by atoms with E-state index in [-0.39, 0.29) is 13.0 Å². The fourth-order valence-electron chi connectivity index (χ4n) is 1.45. The van der Waals surface area contributed by atoms with Crippen LogP contribution in [0.2, 0.25) is 0 Å². The summed E-state index contributed by atoms with van der Waals surface area (Å²) in [5, 5.41) is 14.4. The molecule has 7 nitrogen and oxygen atoms in total. The highest BCUT2D eigenvalue weighted by atomic mass is 16.4. The second-order valence-electron chi connectivity index (χ2n) is 3.52. The molecule has 0 aliphatic heterocycles. The van der Waals surface area contributed by atoms with Crippen molar-refractivity contribution in [3.05, 3.63) is 46.3 Å². The molecule has 0 radical (unpaired) electrons. The summed E-state index contributed by atoms with van der Waals surface area (Å²) in [6.45, 7) is -0.348. The fourth-order valence-corrected chi connectivity index (χ4v) is 1.45. The Labute approximate surface area is 103 Å². The van der Waals surface area contributed by atoms with Crippen LogP contribution in [-0.2, 0) is 9.59 Å². The molecule has 7 heteroatoms. The lowest BCUT2D eigenvalue weighted by molar-refractivity contribution is -0.137. The lowest BCUT2D eigenvalue weighted by Crippen LogP contribution is -2.31. The van der Waals surface area contributed by atoms with Crippen molar-refractivity contribution in [1.29, 1.82) is 0 Å². The van der Waals surface area contributed by atoms with Gasteiger partial charge in [-0.1, -0.05) is 35.4 Å². The number of benzene rings is 1. The molecule has 0 unspecified atom stereocenters. The van der Waals surface area contributed by atoms with Crippen molar-refractivity contribution in [2.45, 2.75) is 12.5 Å². The van der Waals surface area contributed by atoms with Gasteiger partial charge in [-0.25, -0.2) is 0 Å². The Kier molecular flexibility index (Phi) is 5.21. The molecule has 1 amide bonds. The van der Waals surface area contributed by atoms with Gasteiger partial charge in [-0.15, -0.1) is 0 Å². The zero-order valence-corrected chi connectivity index (χ0v) is 9.48. The van der Waals surface area contributed by atoms with Gasteiger partial charge in [0.2, 0.25) is 5.91 Å². The van der Waals surface area contributed by atoms with Crippen molar-refractivity contribution in [2.24, 2.45) is 5.11 Å². The summed E-state index contributed by atoms with van der Waals surface area (Å²) in [7, 11) is 0. The van der Waals surface area contributed by atoms with Crippen LogP contribution in [-0.4, -0.2) is 23.5 Å². The van der Waals surface area contributed by atoms with Crippen LogP contribution < -0.4 is 5.32 Å². The van der Waals surface area contributed by atoms with E-state index in [1.54, 1.807) is 30.3 Å². The number of rotatable bonds is 6. The van der Waals surface area contributed by atoms with E-state index in [1.165, 1.54) is 0 Å². The van der Waals surface area contributed by atoms with E-state index in [2.05, 4.69) is 15.3 Å². The van der Waals surface area contributed by atoms with Crippen LogP contribution in [0.25, 0.3) is 10.4 Å². The number of nitrogens with zero attached hydrogens (tertiary/aromatic N) is 3. The SMILES string of the molecule is [N-]=[N+]=NCC(=O)N[C@@H](CC(=O)O)c1ccccc1. The van der Waals surface area contributed by atoms with Crippen molar-refractivity contribution in [1.82, 2.24) is 5.32 Å². The molecule has 1 aromatic rings. The van der Waals surface area contributed by atoms with E-state index in [0.29, 0.717) is 5.56 Å². The van der Waals surface area contributed by atoms with Crippen LogP contribution in [0.3, 0.4) is 0 Å². The molecule has 0 spiro atoms. The first kappa shape index (κ1) is 13.5. The molecule has 0 heterocycles. The predicted octanol–water partition coefficient (Wildman–Crippen LogP) is 1.63. The van der Waals surface area contributed by atoms with Gasteiger partial charge in [0, 0.05) is 4.91 Å². The van der Waals surface area contributed by atoms with E-state index >= 15 is 0 Å². The maximum atomic E-state index is 11.4. The van der Waals surface area contributed by atoms with Crippen LogP contribution in [0.15, 0.2) is 35.4 Å². The molecule has 1 aromatic carbocycles. The number of nitrogens with one attached hydrogen (secondary N) is 1. The topological polar surface area (TPSA) is 115 Å². The third-order valence-corrected chi connectivity index (χ3v) is 2.19. The van der Waals surface area contributed by atoms with Gasteiger partial charge in [-0.3, -0.25) is 9.59 Å². The number of aliphatic carboxylic acids is 1.